The molecule has 1 saturated heterocycles. The molecule has 2 rings (SSSR count). The molecule has 0 amide bonds. The molecule has 14 heavy (non-hydrogen) atoms. The van der Waals surface area contributed by atoms with Crippen LogP contribution in [0.1, 0.15) is 11.7 Å². The Morgan fingerprint density at radius 1 is 1.36 bits per heavy atom. The summed E-state index contributed by atoms with van der Waals surface area (Å²) in [5.41, 5.74) is 0.918. The average Bonchev–Trinajstić information content (AvgIpc) is 2.30. The van der Waals surface area contributed by atoms with E-state index in [4.69, 9.17) is 4.74 Å². The largest absolute Gasteiger partial charge is 0.386 e. The molecule has 2 N–H and O–H groups in total. The highest BCUT2D eigenvalue weighted by atomic mass is 16.5. The minimum atomic E-state index is -0.524. The Morgan fingerprint density at radius 3 is 2.79 bits per heavy atom. The van der Waals surface area contributed by atoms with Gasteiger partial charge in [-0.15, -0.1) is 0 Å². The van der Waals surface area contributed by atoms with Crippen molar-refractivity contribution in [3.8, 4) is 0 Å². The first-order valence-electron chi connectivity index (χ1n) is 4.93. The Morgan fingerprint density at radius 2 is 2.14 bits per heavy atom. The van der Waals surface area contributed by atoms with Gasteiger partial charge in [0.05, 0.1) is 12.7 Å². The number of aliphatic hydroxyl groups is 1. The summed E-state index contributed by atoms with van der Waals surface area (Å²) in [5, 5.41) is 13.2. The molecule has 1 aliphatic heterocycles. The zero-order valence-electron chi connectivity index (χ0n) is 8.02. The zero-order valence-corrected chi connectivity index (χ0v) is 8.02. The van der Waals surface area contributed by atoms with Crippen molar-refractivity contribution in [2.24, 2.45) is 0 Å². The van der Waals surface area contributed by atoms with Crippen molar-refractivity contribution in [1.29, 1.82) is 0 Å². The van der Waals surface area contributed by atoms with Gasteiger partial charge in [-0.3, -0.25) is 0 Å². The van der Waals surface area contributed by atoms with Crippen molar-refractivity contribution in [3.63, 3.8) is 0 Å². The van der Waals surface area contributed by atoms with Gasteiger partial charge in [0.15, 0.2) is 0 Å². The van der Waals surface area contributed by atoms with Gasteiger partial charge in [-0.05, 0) is 5.56 Å². The first kappa shape index (κ1) is 9.65. The van der Waals surface area contributed by atoms with E-state index in [0.717, 1.165) is 18.7 Å². The SMILES string of the molecule is O[C@@H](c1ccccc1)[C@H]1CNCCO1. The van der Waals surface area contributed by atoms with E-state index in [1.165, 1.54) is 0 Å². The van der Waals surface area contributed by atoms with Crippen LogP contribution in [0.2, 0.25) is 0 Å². The second-order valence-corrected chi connectivity index (χ2v) is 3.47. The minimum absolute atomic E-state index is 0.119. The van der Waals surface area contributed by atoms with Crippen molar-refractivity contribution in [1.82, 2.24) is 5.32 Å². The summed E-state index contributed by atoms with van der Waals surface area (Å²) in [4.78, 5) is 0. The summed E-state index contributed by atoms with van der Waals surface area (Å²) in [7, 11) is 0. The van der Waals surface area contributed by atoms with Crippen LogP contribution in [0.4, 0.5) is 0 Å². The lowest BCUT2D eigenvalue weighted by atomic mass is 10.0. The van der Waals surface area contributed by atoms with Gasteiger partial charge < -0.3 is 15.2 Å². The Balaban J connectivity index is 2.03. The van der Waals surface area contributed by atoms with Gasteiger partial charge in [-0.1, -0.05) is 30.3 Å². The molecule has 3 nitrogen and oxygen atoms in total. The van der Waals surface area contributed by atoms with Crippen LogP contribution in [0.5, 0.6) is 0 Å². The van der Waals surface area contributed by atoms with Gasteiger partial charge in [0.2, 0.25) is 0 Å². The lowest BCUT2D eigenvalue weighted by Crippen LogP contribution is -2.41. The van der Waals surface area contributed by atoms with Crippen molar-refractivity contribution in [2.45, 2.75) is 12.2 Å². The fourth-order valence-electron chi connectivity index (χ4n) is 1.65. The van der Waals surface area contributed by atoms with Crippen LogP contribution in [0.25, 0.3) is 0 Å². The predicted octanol–water partition coefficient (Wildman–Crippen LogP) is 0.708. The molecule has 3 heteroatoms. The zero-order chi connectivity index (χ0) is 9.80. The number of morpholine rings is 1. The lowest BCUT2D eigenvalue weighted by Gasteiger charge is -2.27. The quantitative estimate of drug-likeness (QED) is 0.726. The fourth-order valence-corrected chi connectivity index (χ4v) is 1.65. The molecule has 0 unspecified atom stereocenters. The first-order chi connectivity index (χ1) is 6.88. The molecule has 0 saturated carbocycles. The molecule has 0 aromatic heterocycles. The third-order valence-corrected chi connectivity index (χ3v) is 2.45. The Bertz CT molecular complexity index is 270. The second kappa shape index (κ2) is 4.55. The van der Waals surface area contributed by atoms with Crippen LogP contribution in [0.15, 0.2) is 30.3 Å². The van der Waals surface area contributed by atoms with Crippen LogP contribution in [0.3, 0.4) is 0 Å². The molecule has 76 valence electrons. The summed E-state index contributed by atoms with van der Waals surface area (Å²) in [5.74, 6) is 0. The second-order valence-electron chi connectivity index (χ2n) is 3.47. The van der Waals surface area contributed by atoms with Crippen LogP contribution in [0, 0.1) is 0 Å². The summed E-state index contributed by atoms with van der Waals surface area (Å²) < 4.78 is 5.48. The molecule has 1 aliphatic rings. The monoisotopic (exact) mass is 193 g/mol. The van der Waals surface area contributed by atoms with Crippen molar-refractivity contribution < 1.29 is 9.84 Å². The summed E-state index contributed by atoms with van der Waals surface area (Å²) in [6.07, 6.45) is -0.643. The Labute approximate surface area is 83.7 Å². The lowest BCUT2D eigenvalue weighted by molar-refractivity contribution is -0.0536. The fraction of sp³-hybridized carbons (Fsp3) is 0.455. The highest BCUT2D eigenvalue weighted by molar-refractivity contribution is 5.18. The summed E-state index contributed by atoms with van der Waals surface area (Å²) in [6.45, 7) is 2.27. The van der Waals surface area contributed by atoms with Gasteiger partial charge in [0.1, 0.15) is 6.10 Å². The van der Waals surface area contributed by atoms with Gasteiger partial charge in [-0.25, -0.2) is 0 Å². The maximum absolute atomic E-state index is 9.98. The number of hydrogen-bond donors (Lipinski definition) is 2. The topological polar surface area (TPSA) is 41.5 Å². The van der Waals surface area contributed by atoms with Crippen LogP contribution < -0.4 is 5.32 Å². The van der Waals surface area contributed by atoms with Crippen LogP contribution in [-0.4, -0.2) is 30.9 Å². The highest BCUT2D eigenvalue weighted by Crippen LogP contribution is 2.19. The standard InChI is InChI=1S/C11H15NO2/c13-11(9-4-2-1-3-5-9)10-8-12-6-7-14-10/h1-5,10-13H,6-8H2/t10-,11+/m1/s1. The third kappa shape index (κ3) is 2.12. The molecule has 2 atom stereocenters. The van der Waals surface area contributed by atoms with E-state index in [1.54, 1.807) is 0 Å². The summed E-state index contributed by atoms with van der Waals surface area (Å²) >= 11 is 0. The van der Waals surface area contributed by atoms with E-state index in [2.05, 4.69) is 5.32 Å². The number of ether oxygens (including phenoxy) is 1. The number of aliphatic hydroxyl groups excluding tert-OH is 1. The van der Waals surface area contributed by atoms with Gasteiger partial charge in [0.25, 0.3) is 0 Å². The maximum Gasteiger partial charge on any atom is 0.106 e. The number of nitrogens with one attached hydrogen (secondary N) is 1. The number of benzene rings is 1. The summed E-state index contributed by atoms with van der Waals surface area (Å²) in [6, 6.07) is 9.63. The van der Waals surface area contributed by atoms with E-state index in [9.17, 15) is 5.11 Å². The van der Waals surface area contributed by atoms with Gasteiger partial charge in [-0.2, -0.15) is 0 Å². The van der Waals surface area contributed by atoms with E-state index in [-0.39, 0.29) is 6.10 Å². The normalized spacial score (nSPS) is 24.5. The van der Waals surface area contributed by atoms with Gasteiger partial charge in [0, 0.05) is 13.1 Å². The van der Waals surface area contributed by atoms with E-state index < -0.39 is 6.10 Å². The Kier molecular flexibility index (Phi) is 3.14. The number of hydrogen-bond acceptors (Lipinski definition) is 3. The van der Waals surface area contributed by atoms with Crippen molar-refractivity contribution in [3.05, 3.63) is 35.9 Å². The molecular weight excluding hydrogens is 178 g/mol. The van der Waals surface area contributed by atoms with Crippen LogP contribution in [-0.2, 0) is 4.74 Å². The Hall–Kier alpha value is -0.900. The average molecular weight is 193 g/mol. The molecule has 0 radical (unpaired) electrons. The molecule has 0 aliphatic carbocycles. The van der Waals surface area contributed by atoms with Gasteiger partial charge >= 0.3 is 0 Å². The highest BCUT2D eigenvalue weighted by Gasteiger charge is 2.23. The van der Waals surface area contributed by atoms with Crippen molar-refractivity contribution in [2.75, 3.05) is 19.7 Å². The maximum atomic E-state index is 9.98. The predicted molar refractivity (Wildman–Crippen MR) is 54.0 cm³/mol. The minimum Gasteiger partial charge on any atom is -0.386 e. The molecular formula is C11H15NO2. The van der Waals surface area contributed by atoms with Crippen molar-refractivity contribution >= 4 is 0 Å². The molecule has 1 heterocycles. The first-order valence-corrected chi connectivity index (χ1v) is 4.93. The van der Waals surface area contributed by atoms with E-state index in [1.807, 2.05) is 30.3 Å². The molecule has 0 bridgehead atoms. The molecule has 1 aromatic rings. The molecule has 0 spiro atoms. The van der Waals surface area contributed by atoms with E-state index >= 15 is 0 Å². The molecule has 1 fully saturated rings. The van der Waals surface area contributed by atoms with Crippen LogP contribution >= 0.6 is 0 Å². The molecule has 1 aromatic carbocycles. The van der Waals surface area contributed by atoms with E-state index in [0.29, 0.717) is 6.61 Å². The third-order valence-electron chi connectivity index (χ3n) is 2.45. The smallest absolute Gasteiger partial charge is 0.106 e. The number of rotatable bonds is 2.